The Labute approximate surface area is 205 Å². The normalized spacial score (nSPS) is 12.8. The predicted molar refractivity (Wildman–Crippen MR) is 132 cm³/mol. The average Bonchev–Trinajstić information content (AvgIpc) is 3.26. The summed E-state index contributed by atoms with van der Waals surface area (Å²) in [6, 6.07) is 18.9. The summed E-state index contributed by atoms with van der Waals surface area (Å²) in [6.45, 7) is 1.78. The van der Waals surface area contributed by atoms with Gasteiger partial charge in [0.2, 0.25) is 5.91 Å². The first kappa shape index (κ1) is 24.3. The number of carbonyl (C=O) groups excluding carboxylic acids is 1. The molecule has 4 aromatic rings. The van der Waals surface area contributed by atoms with Gasteiger partial charge in [-0.05, 0) is 73.3 Å². The van der Waals surface area contributed by atoms with Gasteiger partial charge in [0, 0.05) is 10.3 Å². The van der Waals surface area contributed by atoms with Crippen LogP contribution in [0.15, 0.2) is 77.8 Å². The van der Waals surface area contributed by atoms with Crippen LogP contribution in [0.2, 0.25) is 0 Å². The highest BCUT2D eigenvalue weighted by Crippen LogP contribution is 2.30. The molecule has 7 nitrogen and oxygen atoms in total. The lowest BCUT2D eigenvalue weighted by atomic mass is 10.0. The number of carboxylic acid groups (broad SMARTS) is 1. The molecule has 0 aliphatic heterocycles. The van der Waals surface area contributed by atoms with E-state index < -0.39 is 30.4 Å². The molecule has 0 fully saturated rings. The third-order valence-corrected chi connectivity index (χ3v) is 6.22. The van der Waals surface area contributed by atoms with Gasteiger partial charge in [-0.1, -0.05) is 12.1 Å². The number of carboxylic acids is 1. The van der Waals surface area contributed by atoms with E-state index in [9.17, 15) is 14.0 Å². The van der Waals surface area contributed by atoms with E-state index in [1.54, 1.807) is 47.8 Å². The van der Waals surface area contributed by atoms with E-state index in [4.69, 9.17) is 9.84 Å². The van der Waals surface area contributed by atoms with E-state index in [0.29, 0.717) is 5.75 Å². The second kappa shape index (κ2) is 10.6. The Balaban J connectivity index is 1.62. The van der Waals surface area contributed by atoms with Crippen LogP contribution in [0.5, 0.6) is 5.75 Å². The Morgan fingerprint density at radius 1 is 1.11 bits per heavy atom. The van der Waals surface area contributed by atoms with Crippen molar-refractivity contribution in [1.82, 2.24) is 15.1 Å². The minimum absolute atomic E-state index is 0.318. The number of fused-ring (bicyclic) bond motifs is 1. The lowest BCUT2D eigenvalue weighted by Gasteiger charge is -2.26. The van der Waals surface area contributed by atoms with Gasteiger partial charge in [0.25, 0.3) is 0 Å². The van der Waals surface area contributed by atoms with Gasteiger partial charge in [-0.15, -0.1) is 11.8 Å². The number of hydrogen-bond donors (Lipinski definition) is 2. The third kappa shape index (κ3) is 5.81. The Morgan fingerprint density at radius 2 is 1.83 bits per heavy atom. The topological polar surface area (TPSA) is 93.5 Å². The van der Waals surface area contributed by atoms with Crippen LogP contribution >= 0.6 is 11.8 Å². The summed E-state index contributed by atoms with van der Waals surface area (Å²) in [5.41, 5.74) is 2.40. The number of carbonyl (C=O) groups is 2. The standard InChI is InChI=1S/C26H24FN3O4S/c1-16(29-24(31)14-25(32)33)26(17-3-10-22(35-2)11-4-17)34-21-9-12-23-18(13-21)15-28-30(23)20-7-5-19(27)6-8-20/h3-13,15-16,26H,14H2,1-2H3,(H,29,31)(H,32,33)/t16-,26-/m0/s1. The zero-order valence-electron chi connectivity index (χ0n) is 19.1. The number of aliphatic carboxylic acids is 1. The number of halogens is 1. The van der Waals surface area contributed by atoms with Gasteiger partial charge in [-0.3, -0.25) is 9.59 Å². The molecule has 2 atom stereocenters. The molecule has 0 radical (unpaired) electrons. The molecule has 2 N–H and O–H groups in total. The van der Waals surface area contributed by atoms with Crippen LogP contribution in [-0.4, -0.2) is 39.1 Å². The summed E-state index contributed by atoms with van der Waals surface area (Å²) < 4.78 is 21.3. The number of benzene rings is 3. The molecular weight excluding hydrogens is 469 g/mol. The van der Waals surface area contributed by atoms with Crippen molar-refractivity contribution in [2.45, 2.75) is 30.4 Å². The van der Waals surface area contributed by atoms with Crippen LogP contribution in [0, 0.1) is 5.82 Å². The summed E-state index contributed by atoms with van der Waals surface area (Å²) >= 11 is 1.62. The summed E-state index contributed by atoms with van der Waals surface area (Å²) in [5.74, 6) is -1.54. The fraction of sp³-hybridized carbons (Fsp3) is 0.192. The van der Waals surface area contributed by atoms with Gasteiger partial charge in [0.1, 0.15) is 24.1 Å². The molecule has 4 rings (SSSR count). The van der Waals surface area contributed by atoms with Crippen molar-refractivity contribution < 1.29 is 23.8 Å². The number of thioether (sulfide) groups is 1. The van der Waals surface area contributed by atoms with E-state index in [-0.39, 0.29) is 5.82 Å². The largest absolute Gasteiger partial charge is 0.484 e. The SMILES string of the molecule is CSc1ccc([C@@H](Oc2ccc3c(cnn3-c3ccc(F)cc3)c2)[C@H](C)NC(=O)CC(=O)O)cc1. The molecule has 0 saturated heterocycles. The number of aromatic nitrogens is 2. The van der Waals surface area contributed by atoms with Crippen molar-refractivity contribution in [3.8, 4) is 11.4 Å². The number of hydrogen-bond acceptors (Lipinski definition) is 5. The highest BCUT2D eigenvalue weighted by Gasteiger charge is 2.24. The molecule has 0 saturated carbocycles. The van der Waals surface area contributed by atoms with E-state index in [1.165, 1.54) is 12.1 Å². The zero-order valence-corrected chi connectivity index (χ0v) is 20.0. The molecule has 0 spiro atoms. The van der Waals surface area contributed by atoms with Gasteiger partial charge in [-0.2, -0.15) is 5.10 Å². The summed E-state index contributed by atoms with van der Waals surface area (Å²) in [5, 5.41) is 16.9. The lowest BCUT2D eigenvalue weighted by molar-refractivity contribution is -0.141. The molecule has 0 aliphatic rings. The highest BCUT2D eigenvalue weighted by atomic mass is 32.2. The minimum Gasteiger partial charge on any atom is -0.484 e. The fourth-order valence-electron chi connectivity index (χ4n) is 3.79. The first-order chi connectivity index (χ1) is 16.8. The number of amides is 1. The van der Waals surface area contributed by atoms with E-state index >= 15 is 0 Å². The average molecular weight is 494 g/mol. The lowest BCUT2D eigenvalue weighted by Crippen LogP contribution is -2.39. The minimum atomic E-state index is -1.19. The molecular formula is C26H24FN3O4S. The van der Waals surface area contributed by atoms with Crippen LogP contribution in [0.4, 0.5) is 4.39 Å². The molecule has 0 bridgehead atoms. The summed E-state index contributed by atoms with van der Waals surface area (Å²) in [7, 11) is 0. The molecule has 3 aromatic carbocycles. The number of ether oxygens (including phenoxy) is 1. The summed E-state index contributed by atoms with van der Waals surface area (Å²) in [4.78, 5) is 24.1. The Hall–Kier alpha value is -3.85. The first-order valence-corrected chi connectivity index (χ1v) is 12.1. The maximum Gasteiger partial charge on any atom is 0.312 e. The van der Waals surface area contributed by atoms with Crippen molar-refractivity contribution in [3.05, 3.63) is 84.3 Å². The number of nitrogens with one attached hydrogen (secondary N) is 1. The van der Waals surface area contributed by atoms with Crippen LogP contribution in [0.1, 0.15) is 25.0 Å². The van der Waals surface area contributed by atoms with E-state index in [1.807, 2.05) is 42.7 Å². The molecule has 180 valence electrons. The van der Waals surface area contributed by atoms with Crippen molar-refractivity contribution in [1.29, 1.82) is 0 Å². The van der Waals surface area contributed by atoms with E-state index in [0.717, 1.165) is 27.0 Å². The van der Waals surface area contributed by atoms with Crippen LogP contribution in [0.3, 0.4) is 0 Å². The molecule has 9 heteroatoms. The second-order valence-corrected chi connectivity index (χ2v) is 8.87. The fourth-order valence-corrected chi connectivity index (χ4v) is 4.20. The Morgan fingerprint density at radius 3 is 2.49 bits per heavy atom. The monoisotopic (exact) mass is 493 g/mol. The van der Waals surface area contributed by atoms with Gasteiger partial charge in [-0.25, -0.2) is 9.07 Å². The molecule has 35 heavy (non-hydrogen) atoms. The Bertz CT molecular complexity index is 1340. The van der Waals surface area contributed by atoms with Crippen molar-refractivity contribution >= 4 is 34.5 Å². The van der Waals surface area contributed by atoms with Crippen LogP contribution < -0.4 is 10.1 Å². The maximum atomic E-state index is 13.3. The molecule has 1 amide bonds. The molecule has 0 aliphatic carbocycles. The van der Waals surface area contributed by atoms with Crippen molar-refractivity contribution in [2.24, 2.45) is 0 Å². The summed E-state index contributed by atoms with van der Waals surface area (Å²) in [6.07, 6.45) is 2.51. The third-order valence-electron chi connectivity index (χ3n) is 5.47. The second-order valence-electron chi connectivity index (χ2n) is 7.99. The van der Waals surface area contributed by atoms with Crippen LogP contribution in [-0.2, 0) is 9.59 Å². The number of nitrogens with zero attached hydrogens (tertiary/aromatic N) is 2. The zero-order chi connectivity index (χ0) is 24.9. The molecule has 0 unspecified atom stereocenters. The van der Waals surface area contributed by atoms with Gasteiger partial charge < -0.3 is 15.2 Å². The predicted octanol–water partition coefficient (Wildman–Crippen LogP) is 4.99. The Kier molecular flexibility index (Phi) is 7.36. The van der Waals surface area contributed by atoms with Gasteiger partial charge >= 0.3 is 5.97 Å². The highest BCUT2D eigenvalue weighted by molar-refractivity contribution is 7.98. The van der Waals surface area contributed by atoms with Gasteiger partial charge in [0.15, 0.2) is 0 Å². The maximum absolute atomic E-state index is 13.3. The van der Waals surface area contributed by atoms with Crippen LogP contribution in [0.25, 0.3) is 16.6 Å². The van der Waals surface area contributed by atoms with Crippen molar-refractivity contribution in [2.75, 3.05) is 6.26 Å². The number of rotatable bonds is 9. The van der Waals surface area contributed by atoms with E-state index in [2.05, 4.69) is 10.4 Å². The quantitative estimate of drug-likeness (QED) is 0.252. The van der Waals surface area contributed by atoms with Gasteiger partial charge in [0.05, 0.1) is 23.4 Å². The first-order valence-electron chi connectivity index (χ1n) is 10.9. The van der Waals surface area contributed by atoms with Crippen molar-refractivity contribution in [3.63, 3.8) is 0 Å². The molecule has 1 aromatic heterocycles. The smallest absolute Gasteiger partial charge is 0.312 e. The molecule has 1 heterocycles.